The first kappa shape index (κ1) is 16.5. The SMILES string of the molecule is CCCNc1ncnc(NCC2CCN(CC)CC2)c1Br. The molecule has 0 spiro atoms. The van der Waals surface area contributed by atoms with E-state index in [9.17, 15) is 0 Å². The Balaban J connectivity index is 1.85. The van der Waals surface area contributed by atoms with Gasteiger partial charge < -0.3 is 15.5 Å². The summed E-state index contributed by atoms with van der Waals surface area (Å²) < 4.78 is 0.935. The maximum Gasteiger partial charge on any atom is 0.145 e. The lowest BCUT2D eigenvalue weighted by atomic mass is 9.97. The fourth-order valence-corrected chi connectivity index (χ4v) is 3.09. The molecule has 5 nitrogen and oxygen atoms in total. The molecule has 0 atom stereocenters. The van der Waals surface area contributed by atoms with E-state index in [0.29, 0.717) is 0 Å². The first-order chi connectivity index (χ1) is 10.2. The number of hydrogen-bond acceptors (Lipinski definition) is 5. The molecule has 1 saturated heterocycles. The van der Waals surface area contributed by atoms with Crippen molar-refractivity contribution in [3.63, 3.8) is 0 Å². The minimum atomic E-state index is 0.738. The molecule has 1 aromatic rings. The molecular weight excluding hydrogens is 330 g/mol. The Hall–Kier alpha value is -0.880. The van der Waals surface area contributed by atoms with Crippen LogP contribution in [0.3, 0.4) is 0 Å². The smallest absolute Gasteiger partial charge is 0.145 e. The fourth-order valence-electron chi connectivity index (χ4n) is 2.61. The van der Waals surface area contributed by atoms with Crippen LogP contribution in [0.25, 0.3) is 0 Å². The molecule has 0 aromatic carbocycles. The van der Waals surface area contributed by atoms with E-state index in [0.717, 1.165) is 41.5 Å². The number of hydrogen-bond donors (Lipinski definition) is 2. The predicted molar refractivity (Wildman–Crippen MR) is 91.8 cm³/mol. The molecule has 21 heavy (non-hydrogen) atoms. The largest absolute Gasteiger partial charge is 0.369 e. The van der Waals surface area contributed by atoms with E-state index in [1.807, 2.05) is 0 Å². The van der Waals surface area contributed by atoms with Crippen molar-refractivity contribution in [3.8, 4) is 0 Å². The summed E-state index contributed by atoms with van der Waals surface area (Å²) in [5.74, 6) is 2.50. The molecular formula is C15H26BrN5. The molecule has 0 aliphatic carbocycles. The topological polar surface area (TPSA) is 53.1 Å². The summed E-state index contributed by atoms with van der Waals surface area (Å²) in [6, 6.07) is 0. The zero-order chi connectivity index (χ0) is 15.1. The predicted octanol–water partition coefficient (Wildman–Crippen LogP) is 3.20. The van der Waals surface area contributed by atoms with Crippen LogP contribution in [0.4, 0.5) is 11.6 Å². The minimum absolute atomic E-state index is 0.738. The van der Waals surface area contributed by atoms with Gasteiger partial charge in [-0.15, -0.1) is 0 Å². The van der Waals surface area contributed by atoms with Crippen LogP contribution in [-0.2, 0) is 0 Å². The lowest BCUT2D eigenvalue weighted by Gasteiger charge is -2.31. The van der Waals surface area contributed by atoms with E-state index >= 15 is 0 Å². The van der Waals surface area contributed by atoms with E-state index < -0.39 is 0 Å². The highest BCUT2D eigenvalue weighted by Crippen LogP contribution is 2.27. The van der Waals surface area contributed by atoms with Crippen LogP contribution >= 0.6 is 15.9 Å². The Morgan fingerprint density at radius 3 is 2.48 bits per heavy atom. The summed E-state index contributed by atoms with van der Waals surface area (Å²) in [7, 11) is 0. The van der Waals surface area contributed by atoms with Gasteiger partial charge in [0.05, 0.1) is 0 Å². The van der Waals surface area contributed by atoms with Gasteiger partial charge in [0.2, 0.25) is 0 Å². The number of rotatable bonds is 7. The number of aromatic nitrogens is 2. The van der Waals surface area contributed by atoms with Gasteiger partial charge in [-0.05, 0) is 60.7 Å². The van der Waals surface area contributed by atoms with Crippen LogP contribution in [-0.4, -0.2) is 47.6 Å². The number of likely N-dealkylation sites (tertiary alicyclic amines) is 1. The third-order valence-electron chi connectivity index (χ3n) is 4.04. The average molecular weight is 356 g/mol. The van der Waals surface area contributed by atoms with Crippen molar-refractivity contribution in [3.05, 3.63) is 10.8 Å². The second-order valence-corrected chi connectivity index (χ2v) is 6.36. The zero-order valence-electron chi connectivity index (χ0n) is 13.0. The fraction of sp³-hybridized carbons (Fsp3) is 0.733. The summed E-state index contributed by atoms with van der Waals surface area (Å²) in [6.45, 7) is 9.90. The lowest BCUT2D eigenvalue weighted by molar-refractivity contribution is 0.198. The number of nitrogens with zero attached hydrogens (tertiary/aromatic N) is 3. The van der Waals surface area contributed by atoms with Crippen molar-refractivity contribution in [1.82, 2.24) is 14.9 Å². The van der Waals surface area contributed by atoms with Gasteiger partial charge in [-0.3, -0.25) is 0 Å². The van der Waals surface area contributed by atoms with Gasteiger partial charge in [0.1, 0.15) is 22.4 Å². The Kier molecular flexibility index (Phi) is 6.70. The van der Waals surface area contributed by atoms with E-state index in [-0.39, 0.29) is 0 Å². The van der Waals surface area contributed by atoms with Crippen molar-refractivity contribution >= 4 is 27.6 Å². The van der Waals surface area contributed by atoms with E-state index in [1.54, 1.807) is 6.33 Å². The lowest BCUT2D eigenvalue weighted by Crippen LogP contribution is -2.35. The van der Waals surface area contributed by atoms with E-state index in [1.165, 1.54) is 32.5 Å². The normalized spacial score (nSPS) is 16.9. The Bertz CT molecular complexity index is 432. The van der Waals surface area contributed by atoms with Crippen LogP contribution in [0.15, 0.2) is 10.8 Å². The van der Waals surface area contributed by atoms with Gasteiger partial charge in [-0.1, -0.05) is 13.8 Å². The second-order valence-electron chi connectivity index (χ2n) is 5.57. The highest BCUT2D eigenvalue weighted by molar-refractivity contribution is 9.10. The third-order valence-corrected chi connectivity index (χ3v) is 4.80. The molecule has 0 saturated carbocycles. The van der Waals surface area contributed by atoms with Crippen molar-refractivity contribution in [2.24, 2.45) is 5.92 Å². The van der Waals surface area contributed by atoms with Gasteiger partial charge in [-0.25, -0.2) is 9.97 Å². The van der Waals surface area contributed by atoms with Crippen LogP contribution in [0.2, 0.25) is 0 Å². The molecule has 1 aliphatic rings. The van der Waals surface area contributed by atoms with Gasteiger partial charge >= 0.3 is 0 Å². The second kappa shape index (κ2) is 8.54. The molecule has 0 bridgehead atoms. The van der Waals surface area contributed by atoms with Gasteiger partial charge in [0, 0.05) is 13.1 Å². The zero-order valence-corrected chi connectivity index (χ0v) is 14.6. The van der Waals surface area contributed by atoms with E-state index in [4.69, 9.17) is 0 Å². The van der Waals surface area contributed by atoms with Crippen molar-refractivity contribution in [2.75, 3.05) is 43.4 Å². The maximum absolute atomic E-state index is 4.34. The summed E-state index contributed by atoms with van der Waals surface area (Å²) in [5.41, 5.74) is 0. The molecule has 0 amide bonds. The average Bonchev–Trinajstić information content (AvgIpc) is 2.53. The summed E-state index contributed by atoms with van der Waals surface area (Å²) in [5, 5.41) is 6.79. The molecule has 118 valence electrons. The third kappa shape index (κ3) is 4.81. The van der Waals surface area contributed by atoms with Crippen molar-refractivity contribution < 1.29 is 0 Å². The summed E-state index contributed by atoms with van der Waals surface area (Å²) in [4.78, 5) is 11.1. The molecule has 6 heteroatoms. The molecule has 2 rings (SSSR count). The summed E-state index contributed by atoms with van der Waals surface area (Å²) in [6.07, 6.45) is 5.23. The first-order valence-electron chi connectivity index (χ1n) is 7.95. The highest BCUT2D eigenvalue weighted by atomic mass is 79.9. The Morgan fingerprint density at radius 1 is 1.19 bits per heavy atom. The van der Waals surface area contributed by atoms with Gasteiger partial charge in [-0.2, -0.15) is 0 Å². The monoisotopic (exact) mass is 355 g/mol. The number of halogens is 1. The highest BCUT2D eigenvalue weighted by Gasteiger charge is 2.18. The Labute approximate surface area is 136 Å². The number of nitrogens with one attached hydrogen (secondary N) is 2. The standard InChI is InChI=1S/C15H26BrN5/c1-3-7-17-14-13(16)15(20-11-19-14)18-10-12-5-8-21(4-2)9-6-12/h11-12H,3-10H2,1-2H3,(H2,17,18,19,20). The van der Waals surface area contributed by atoms with Crippen molar-refractivity contribution in [1.29, 1.82) is 0 Å². The quantitative estimate of drug-likeness (QED) is 0.786. The Morgan fingerprint density at radius 2 is 1.86 bits per heavy atom. The maximum atomic E-state index is 4.34. The number of anilines is 2. The molecule has 2 heterocycles. The van der Waals surface area contributed by atoms with Gasteiger partial charge in [0.15, 0.2) is 0 Å². The molecule has 2 N–H and O–H groups in total. The molecule has 1 aliphatic heterocycles. The first-order valence-corrected chi connectivity index (χ1v) is 8.74. The van der Waals surface area contributed by atoms with Gasteiger partial charge in [0.25, 0.3) is 0 Å². The van der Waals surface area contributed by atoms with Crippen molar-refractivity contribution in [2.45, 2.75) is 33.1 Å². The molecule has 1 aromatic heterocycles. The van der Waals surface area contributed by atoms with Crippen LogP contribution in [0, 0.1) is 5.92 Å². The van der Waals surface area contributed by atoms with E-state index in [2.05, 4.69) is 55.3 Å². The van der Waals surface area contributed by atoms with Crippen LogP contribution in [0.5, 0.6) is 0 Å². The van der Waals surface area contributed by atoms with Crippen LogP contribution < -0.4 is 10.6 Å². The molecule has 1 fully saturated rings. The number of piperidine rings is 1. The minimum Gasteiger partial charge on any atom is -0.369 e. The molecule has 0 unspecified atom stereocenters. The molecule has 0 radical (unpaired) electrons. The van der Waals surface area contributed by atoms with Crippen LogP contribution in [0.1, 0.15) is 33.1 Å². The summed E-state index contributed by atoms with van der Waals surface area (Å²) >= 11 is 3.60.